The maximum absolute atomic E-state index is 12.8. The van der Waals surface area contributed by atoms with E-state index in [1.165, 1.54) is 199 Å². The SMILES string of the molecule is CCC(C)CCCCCCCCCCCCCCCCCCCCC(=O)OC[C@H](COC(=O)CCCCCCCCCCCCC(C)C)OC(=O)CCCCCCCCCCC(C)C. The minimum Gasteiger partial charge on any atom is -0.462 e. The lowest BCUT2D eigenvalue weighted by atomic mass is 9.99. The molecule has 0 spiro atoms. The molecule has 1 unspecified atom stereocenters. The van der Waals surface area contributed by atoms with Gasteiger partial charge >= 0.3 is 17.9 Å². The minimum absolute atomic E-state index is 0.0644. The van der Waals surface area contributed by atoms with E-state index in [-0.39, 0.29) is 31.1 Å². The number of rotatable bonds is 51. The van der Waals surface area contributed by atoms with Gasteiger partial charge in [0.25, 0.3) is 0 Å². The largest absolute Gasteiger partial charge is 0.462 e. The molecule has 0 saturated carbocycles. The highest BCUT2D eigenvalue weighted by atomic mass is 16.6. The van der Waals surface area contributed by atoms with Crippen LogP contribution < -0.4 is 0 Å². The van der Waals surface area contributed by atoms with Gasteiger partial charge in [0.1, 0.15) is 13.2 Å². The third kappa shape index (κ3) is 49.8. The molecule has 0 bridgehead atoms. The van der Waals surface area contributed by atoms with Gasteiger partial charge in [-0.05, 0) is 37.0 Å². The molecule has 2 atom stereocenters. The Labute approximate surface area is 399 Å². The van der Waals surface area contributed by atoms with Crippen LogP contribution in [-0.2, 0) is 28.6 Å². The van der Waals surface area contributed by atoms with Crippen LogP contribution in [0, 0.1) is 17.8 Å². The zero-order valence-electron chi connectivity index (χ0n) is 44.1. The summed E-state index contributed by atoms with van der Waals surface area (Å²) in [6.07, 6.45) is 51.0. The van der Waals surface area contributed by atoms with Crippen LogP contribution >= 0.6 is 0 Å². The van der Waals surface area contributed by atoms with E-state index in [4.69, 9.17) is 14.2 Å². The third-order valence-electron chi connectivity index (χ3n) is 13.5. The van der Waals surface area contributed by atoms with E-state index in [9.17, 15) is 14.4 Å². The molecular weight excluding hydrogens is 793 g/mol. The van der Waals surface area contributed by atoms with E-state index in [1.54, 1.807) is 0 Å². The summed E-state index contributed by atoms with van der Waals surface area (Å²) in [7, 11) is 0. The van der Waals surface area contributed by atoms with Crippen molar-refractivity contribution in [2.24, 2.45) is 17.8 Å². The minimum atomic E-state index is -0.763. The summed E-state index contributed by atoms with van der Waals surface area (Å²) in [5, 5.41) is 0. The molecule has 0 aromatic rings. The molecule has 0 radical (unpaired) electrons. The lowest BCUT2D eigenvalue weighted by Crippen LogP contribution is -2.30. The topological polar surface area (TPSA) is 78.9 Å². The Kier molecular flexibility index (Phi) is 48.1. The van der Waals surface area contributed by atoms with Crippen molar-refractivity contribution in [1.82, 2.24) is 0 Å². The Bertz CT molecular complexity index is 993. The van der Waals surface area contributed by atoms with Crippen molar-refractivity contribution in [1.29, 1.82) is 0 Å². The highest BCUT2D eigenvalue weighted by Gasteiger charge is 2.19. The number of hydrogen-bond donors (Lipinski definition) is 0. The fourth-order valence-electron chi connectivity index (χ4n) is 8.79. The fourth-order valence-corrected chi connectivity index (χ4v) is 8.79. The van der Waals surface area contributed by atoms with Gasteiger partial charge in [0.05, 0.1) is 0 Å². The molecule has 0 amide bonds. The molecule has 0 aromatic carbocycles. The van der Waals surface area contributed by atoms with Gasteiger partial charge in [-0.15, -0.1) is 0 Å². The van der Waals surface area contributed by atoms with Crippen molar-refractivity contribution in [2.45, 2.75) is 324 Å². The number of carbonyl (C=O) groups is 3. The number of ether oxygens (including phenoxy) is 3. The molecule has 64 heavy (non-hydrogen) atoms. The van der Waals surface area contributed by atoms with Gasteiger partial charge in [-0.3, -0.25) is 14.4 Å². The van der Waals surface area contributed by atoms with Crippen molar-refractivity contribution in [2.75, 3.05) is 13.2 Å². The molecular formula is C58H112O6. The summed E-state index contributed by atoms with van der Waals surface area (Å²) < 4.78 is 16.9. The van der Waals surface area contributed by atoms with Crippen molar-refractivity contribution in [3.63, 3.8) is 0 Å². The molecule has 0 rings (SSSR count). The molecule has 6 nitrogen and oxygen atoms in total. The zero-order chi connectivity index (χ0) is 47.0. The second-order valence-corrected chi connectivity index (χ2v) is 21.1. The number of esters is 3. The lowest BCUT2D eigenvalue weighted by molar-refractivity contribution is -0.167. The molecule has 380 valence electrons. The summed E-state index contributed by atoms with van der Waals surface area (Å²) in [5.41, 5.74) is 0. The summed E-state index contributed by atoms with van der Waals surface area (Å²) in [5.74, 6) is 1.67. The Morgan fingerprint density at radius 2 is 0.547 bits per heavy atom. The van der Waals surface area contributed by atoms with E-state index in [2.05, 4.69) is 41.5 Å². The Morgan fingerprint density at radius 3 is 0.812 bits per heavy atom. The smallest absolute Gasteiger partial charge is 0.306 e. The van der Waals surface area contributed by atoms with Crippen molar-refractivity contribution in [3.05, 3.63) is 0 Å². The molecule has 0 aliphatic heterocycles. The molecule has 0 saturated heterocycles. The molecule has 0 aliphatic rings. The Hall–Kier alpha value is -1.59. The summed E-state index contributed by atoms with van der Waals surface area (Å²) in [6.45, 7) is 13.8. The first-order chi connectivity index (χ1) is 31.1. The normalized spacial score (nSPS) is 12.6. The van der Waals surface area contributed by atoms with Gasteiger partial charge < -0.3 is 14.2 Å². The first kappa shape index (κ1) is 62.4. The van der Waals surface area contributed by atoms with Gasteiger partial charge in [0.2, 0.25) is 0 Å². The predicted molar refractivity (Wildman–Crippen MR) is 275 cm³/mol. The van der Waals surface area contributed by atoms with Crippen LogP contribution in [0.25, 0.3) is 0 Å². The van der Waals surface area contributed by atoms with Crippen molar-refractivity contribution >= 4 is 17.9 Å². The molecule has 0 aliphatic carbocycles. The molecule has 6 heteroatoms. The van der Waals surface area contributed by atoms with Gasteiger partial charge in [-0.1, -0.05) is 279 Å². The standard InChI is InChI=1S/C58H112O6/c1-7-54(6)46-40-34-28-21-16-14-12-10-8-9-11-13-15-17-22-29-35-41-47-56(59)62-50-55(64-58(61)49-43-37-31-25-24-27-33-39-45-53(4)5)51-63-57(60)48-42-36-30-23-19-18-20-26-32-38-44-52(2)3/h52-55H,7-51H2,1-6H3/t54?,55-/m1/s1. The van der Waals surface area contributed by atoms with E-state index in [1.807, 2.05) is 0 Å². The summed E-state index contributed by atoms with van der Waals surface area (Å²) >= 11 is 0. The number of carbonyl (C=O) groups excluding carboxylic acids is 3. The number of unbranched alkanes of at least 4 members (excludes halogenated alkanes) is 33. The summed E-state index contributed by atoms with van der Waals surface area (Å²) in [4.78, 5) is 38.0. The first-order valence-electron chi connectivity index (χ1n) is 28.6. The molecule has 0 aromatic heterocycles. The van der Waals surface area contributed by atoms with E-state index in [0.29, 0.717) is 19.3 Å². The lowest BCUT2D eigenvalue weighted by Gasteiger charge is -2.18. The van der Waals surface area contributed by atoms with E-state index < -0.39 is 6.10 Å². The maximum Gasteiger partial charge on any atom is 0.306 e. The van der Waals surface area contributed by atoms with Gasteiger partial charge in [-0.25, -0.2) is 0 Å². The predicted octanol–water partition coefficient (Wildman–Crippen LogP) is 18.7. The molecule has 0 heterocycles. The molecule has 0 N–H and O–H groups in total. The summed E-state index contributed by atoms with van der Waals surface area (Å²) in [6, 6.07) is 0. The van der Waals surface area contributed by atoms with Crippen LogP contribution in [0.5, 0.6) is 0 Å². The molecule has 0 fully saturated rings. The second kappa shape index (κ2) is 49.3. The quantitative estimate of drug-likeness (QED) is 0.0344. The van der Waals surface area contributed by atoms with Gasteiger partial charge in [0.15, 0.2) is 6.10 Å². The second-order valence-electron chi connectivity index (χ2n) is 21.1. The Balaban J connectivity index is 4.20. The van der Waals surface area contributed by atoms with Crippen molar-refractivity contribution in [3.8, 4) is 0 Å². The van der Waals surface area contributed by atoms with E-state index in [0.717, 1.165) is 75.5 Å². The van der Waals surface area contributed by atoms with Gasteiger partial charge in [0, 0.05) is 19.3 Å². The average Bonchev–Trinajstić information content (AvgIpc) is 3.27. The fraction of sp³-hybridized carbons (Fsp3) is 0.948. The van der Waals surface area contributed by atoms with E-state index >= 15 is 0 Å². The Morgan fingerprint density at radius 1 is 0.312 bits per heavy atom. The highest BCUT2D eigenvalue weighted by molar-refractivity contribution is 5.71. The first-order valence-corrected chi connectivity index (χ1v) is 28.6. The monoisotopic (exact) mass is 905 g/mol. The average molecular weight is 906 g/mol. The third-order valence-corrected chi connectivity index (χ3v) is 13.5. The maximum atomic E-state index is 12.8. The van der Waals surface area contributed by atoms with Crippen LogP contribution in [0.4, 0.5) is 0 Å². The van der Waals surface area contributed by atoms with Gasteiger partial charge in [-0.2, -0.15) is 0 Å². The van der Waals surface area contributed by atoms with Crippen molar-refractivity contribution < 1.29 is 28.6 Å². The van der Waals surface area contributed by atoms with Crippen LogP contribution in [0.15, 0.2) is 0 Å². The van der Waals surface area contributed by atoms with Crippen LogP contribution in [0.2, 0.25) is 0 Å². The van der Waals surface area contributed by atoms with Crippen LogP contribution in [0.1, 0.15) is 318 Å². The zero-order valence-corrected chi connectivity index (χ0v) is 44.1. The highest BCUT2D eigenvalue weighted by Crippen LogP contribution is 2.19. The van der Waals surface area contributed by atoms with Crippen LogP contribution in [-0.4, -0.2) is 37.2 Å². The van der Waals surface area contributed by atoms with Crippen LogP contribution in [0.3, 0.4) is 0 Å². The number of hydrogen-bond acceptors (Lipinski definition) is 6.